The third-order valence-corrected chi connectivity index (χ3v) is 3.90. The Kier molecular flexibility index (Phi) is 9.58. The number of esters is 1. The van der Waals surface area contributed by atoms with Crippen LogP contribution in [0.2, 0.25) is 0 Å². The predicted octanol–water partition coefficient (Wildman–Crippen LogP) is 1.12. The standard InChI is InChI=1S/C15H29NO5/c1-18-7-8-19-9-10-20-11-12-21-14(17)15(13-16)5-3-2-4-6-15/h2-13,16H2,1H3. The summed E-state index contributed by atoms with van der Waals surface area (Å²) in [5.41, 5.74) is 5.33. The predicted molar refractivity (Wildman–Crippen MR) is 79.0 cm³/mol. The molecule has 0 saturated heterocycles. The van der Waals surface area contributed by atoms with Crippen molar-refractivity contribution >= 4 is 5.97 Å². The molecule has 6 heteroatoms. The van der Waals surface area contributed by atoms with Gasteiger partial charge in [-0.2, -0.15) is 0 Å². The van der Waals surface area contributed by atoms with Crippen LogP contribution < -0.4 is 5.73 Å². The van der Waals surface area contributed by atoms with E-state index in [9.17, 15) is 4.79 Å². The summed E-state index contributed by atoms with van der Waals surface area (Å²) in [6, 6.07) is 0. The largest absolute Gasteiger partial charge is 0.463 e. The molecule has 0 aromatic carbocycles. The molecule has 0 bridgehead atoms. The van der Waals surface area contributed by atoms with E-state index < -0.39 is 5.41 Å². The van der Waals surface area contributed by atoms with Gasteiger partial charge in [0.15, 0.2) is 0 Å². The molecule has 0 radical (unpaired) electrons. The molecule has 1 aliphatic rings. The van der Waals surface area contributed by atoms with E-state index in [1.807, 2.05) is 0 Å². The highest BCUT2D eigenvalue weighted by molar-refractivity contribution is 5.77. The van der Waals surface area contributed by atoms with Crippen LogP contribution >= 0.6 is 0 Å². The Morgan fingerprint density at radius 1 is 0.952 bits per heavy atom. The Hall–Kier alpha value is -0.690. The van der Waals surface area contributed by atoms with Crippen LogP contribution in [-0.2, 0) is 23.7 Å². The van der Waals surface area contributed by atoms with Gasteiger partial charge in [-0.05, 0) is 12.8 Å². The van der Waals surface area contributed by atoms with Crippen LogP contribution in [0.5, 0.6) is 0 Å². The Morgan fingerprint density at radius 2 is 1.52 bits per heavy atom. The van der Waals surface area contributed by atoms with Crippen molar-refractivity contribution in [2.24, 2.45) is 11.1 Å². The highest BCUT2D eigenvalue weighted by Crippen LogP contribution is 2.36. The minimum absolute atomic E-state index is 0.162. The van der Waals surface area contributed by atoms with Crippen molar-refractivity contribution in [1.29, 1.82) is 0 Å². The fraction of sp³-hybridized carbons (Fsp3) is 0.933. The minimum atomic E-state index is -0.457. The number of ether oxygens (including phenoxy) is 4. The van der Waals surface area contributed by atoms with Crippen molar-refractivity contribution in [2.45, 2.75) is 32.1 Å². The summed E-state index contributed by atoms with van der Waals surface area (Å²) in [6.07, 6.45) is 4.98. The Bertz CT molecular complexity index is 279. The second-order valence-corrected chi connectivity index (χ2v) is 5.40. The van der Waals surface area contributed by atoms with Crippen molar-refractivity contribution < 1.29 is 23.7 Å². The number of hydrogen-bond donors (Lipinski definition) is 1. The molecule has 124 valence electrons. The van der Waals surface area contributed by atoms with Crippen LogP contribution in [0.15, 0.2) is 0 Å². The van der Waals surface area contributed by atoms with Crippen LogP contribution in [0.4, 0.5) is 0 Å². The molecule has 0 aliphatic heterocycles. The minimum Gasteiger partial charge on any atom is -0.463 e. The van der Waals surface area contributed by atoms with E-state index in [0.717, 1.165) is 25.7 Å². The molecule has 0 spiro atoms. The monoisotopic (exact) mass is 303 g/mol. The first-order chi connectivity index (χ1) is 10.2. The summed E-state index contributed by atoms with van der Waals surface area (Å²) >= 11 is 0. The van der Waals surface area contributed by atoms with Crippen molar-refractivity contribution in [3.05, 3.63) is 0 Å². The summed E-state index contributed by atoms with van der Waals surface area (Å²) in [6.45, 7) is 3.19. The van der Waals surface area contributed by atoms with Crippen LogP contribution in [-0.4, -0.2) is 59.3 Å². The Morgan fingerprint density at radius 3 is 2.10 bits per heavy atom. The Labute approximate surface area is 127 Å². The maximum Gasteiger partial charge on any atom is 0.313 e. The second-order valence-electron chi connectivity index (χ2n) is 5.40. The first-order valence-corrected chi connectivity index (χ1v) is 7.77. The fourth-order valence-electron chi connectivity index (χ4n) is 2.53. The van der Waals surface area contributed by atoms with Gasteiger partial charge in [-0.15, -0.1) is 0 Å². The zero-order valence-electron chi connectivity index (χ0n) is 13.1. The van der Waals surface area contributed by atoms with Gasteiger partial charge in [0.25, 0.3) is 0 Å². The van der Waals surface area contributed by atoms with E-state index in [2.05, 4.69) is 0 Å². The SMILES string of the molecule is COCCOCCOCCOC(=O)C1(CN)CCCCC1. The van der Waals surface area contributed by atoms with Gasteiger partial charge in [0, 0.05) is 13.7 Å². The highest BCUT2D eigenvalue weighted by Gasteiger charge is 2.39. The van der Waals surface area contributed by atoms with Gasteiger partial charge in [-0.25, -0.2) is 0 Å². The lowest BCUT2D eigenvalue weighted by Gasteiger charge is -2.33. The Balaban J connectivity index is 2.05. The number of rotatable bonds is 11. The van der Waals surface area contributed by atoms with Crippen molar-refractivity contribution in [2.75, 3.05) is 53.3 Å². The zero-order valence-corrected chi connectivity index (χ0v) is 13.1. The lowest BCUT2D eigenvalue weighted by molar-refractivity contribution is -0.159. The topological polar surface area (TPSA) is 80.0 Å². The molecule has 0 unspecified atom stereocenters. The molecule has 1 fully saturated rings. The van der Waals surface area contributed by atoms with E-state index in [-0.39, 0.29) is 12.6 Å². The van der Waals surface area contributed by atoms with E-state index in [1.54, 1.807) is 7.11 Å². The van der Waals surface area contributed by atoms with Crippen molar-refractivity contribution in [1.82, 2.24) is 0 Å². The molecule has 1 rings (SSSR count). The van der Waals surface area contributed by atoms with Crippen molar-refractivity contribution in [3.8, 4) is 0 Å². The number of carbonyl (C=O) groups excluding carboxylic acids is 1. The first kappa shape index (κ1) is 18.4. The summed E-state index contributed by atoms with van der Waals surface area (Å²) in [5, 5.41) is 0. The summed E-state index contributed by atoms with van der Waals surface area (Å²) in [7, 11) is 1.63. The number of nitrogens with two attached hydrogens (primary N) is 1. The van der Waals surface area contributed by atoms with Crippen LogP contribution in [0.25, 0.3) is 0 Å². The van der Waals surface area contributed by atoms with Gasteiger partial charge in [0.05, 0.1) is 38.4 Å². The zero-order chi connectivity index (χ0) is 15.4. The maximum atomic E-state index is 12.2. The van der Waals surface area contributed by atoms with E-state index in [4.69, 9.17) is 24.7 Å². The summed E-state index contributed by atoms with van der Waals surface area (Å²) < 4.78 is 20.8. The normalized spacial score (nSPS) is 17.6. The molecule has 0 heterocycles. The summed E-state index contributed by atoms with van der Waals surface area (Å²) in [4.78, 5) is 12.2. The van der Waals surface area contributed by atoms with Crippen LogP contribution in [0.3, 0.4) is 0 Å². The maximum absolute atomic E-state index is 12.2. The molecule has 1 aliphatic carbocycles. The van der Waals surface area contributed by atoms with E-state index >= 15 is 0 Å². The van der Waals surface area contributed by atoms with Gasteiger partial charge in [0.1, 0.15) is 6.61 Å². The molecule has 0 atom stereocenters. The van der Waals surface area contributed by atoms with Gasteiger partial charge in [0.2, 0.25) is 0 Å². The molecule has 21 heavy (non-hydrogen) atoms. The highest BCUT2D eigenvalue weighted by atomic mass is 16.6. The average Bonchev–Trinajstić information content (AvgIpc) is 2.53. The van der Waals surface area contributed by atoms with Gasteiger partial charge >= 0.3 is 5.97 Å². The molecular weight excluding hydrogens is 274 g/mol. The third-order valence-electron chi connectivity index (χ3n) is 3.90. The number of methoxy groups -OCH3 is 1. The van der Waals surface area contributed by atoms with Crippen LogP contribution in [0, 0.1) is 5.41 Å². The molecule has 6 nitrogen and oxygen atoms in total. The second kappa shape index (κ2) is 11.0. The molecule has 2 N–H and O–H groups in total. The number of carbonyl (C=O) groups is 1. The quantitative estimate of drug-likeness (QED) is 0.455. The fourth-order valence-corrected chi connectivity index (χ4v) is 2.53. The smallest absolute Gasteiger partial charge is 0.313 e. The van der Waals surface area contributed by atoms with Gasteiger partial charge in [-0.1, -0.05) is 19.3 Å². The lowest BCUT2D eigenvalue weighted by atomic mass is 9.74. The molecular formula is C15H29NO5. The van der Waals surface area contributed by atoms with Crippen molar-refractivity contribution in [3.63, 3.8) is 0 Å². The first-order valence-electron chi connectivity index (χ1n) is 7.77. The molecule has 0 amide bonds. The van der Waals surface area contributed by atoms with E-state index in [0.29, 0.717) is 39.6 Å². The summed E-state index contributed by atoms with van der Waals surface area (Å²) in [5.74, 6) is -0.162. The number of hydrogen-bond acceptors (Lipinski definition) is 6. The molecule has 0 aromatic rings. The average molecular weight is 303 g/mol. The van der Waals surface area contributed by atoms with E-state index in [1.165, 1.54) is 6.42 Å². The van der Waals surface area contributed by atoms with Gasteiger partial charge < -0.3 is 24.7 Å². The third kappa shape index (κ3) is 6.74. The van der Waals surface area contributed by atoms with Gasteiger partial charge in [-0.3, -0.25) is 4.79 Å². The van der Waals surface area contributed by atoms with Crippen LogP contribution in [0.1, 0.15) is 32.1 Å². The molecule has 1 saturated carbocycles. The molecule has 0 aromatic heterocycles. The lowest BCUT2D eigenvalue weighted by Crippen LogP contribution is -2.42.